The molecule has 2 saturated carbocycles. The van der Waals surface area contributed by atoms with E-state index in [1.165, 1.54) is 32.1 Å². The molecular weight excluding hydrogens is 472 g/mol. The Hall–Kier alpha value is -2.91. The monoisotopic (exact) mass is 502 g/mol. The standard InChI is InChI=1S/C29H31ClN4O2/c30-24-16-20(11-10-19(24)17-31)34-28(18-6-4-5-7-18)23-13-14-25-22(27(23)33-34)12-15-26(32-25)29(35)36-21-8-2-1-3-9-21/h10-12,15-16,18,21,23,28H,1-9,13-14H2. The van der Waals surface area contributed by atoms with Crippen LogP contribution in [0.15, 0.2) is 35.4 Å². The van der Waals surface area contributed by atoms with E-state index in [1.807, 2.05) is 18.2 Å². The highest BCUT2D eigenvalue weighted by Gasteiger charge is 2.46. The number of halogens is 1. The first-order valence-electron chi connectivity index (χ1n) is 13.4. The first-order chi connectivity index (χ1) is 17.6. The molecule has 0 radical (unpaired) electrons. The second-order valence-electron chi connectivity index (χ2n) is 10.6. The Balaban J connectivity index is 1.31. The van der Waals surface area contributed by atoms with Crippen LogP contribution < -0.4 is 5.01 Å². The Labute approximate surface area is 217 Å². The summed E-state index contributed by atoms with van der Waals surface area (Å²) in [5.74, 6) is 0.583. The van der Waals surface area contributed by atoms with Gasteiger partial charge in [0.2, 0.25) is 0 Å². The third kappa shape index (κ3) is 4.28. The number of carbonyl (C=O) groups is 1. The zero-order valence-corrected chi connectivity index (χ0v) is 21.2. The molecule has 0 N–H and O–H groups in total. The van der Waals surface area contributed by atoms with Crippen molar-refractivity contribution in [3.63, 3.8) is 0 Å². The lowest BCUT2D eigenvalue weighted by Crippen LogP contribution is -2.40. The van der Waals surface area contributed by atoms with Gasteiger partial charge in [-0.15, -0.1) is 0 Å². The van der Waals surface area contributed by atoms with Crippen molar-refractivity contribution in [2.24, 2.45) is 16.9 Å². The number of nitrogens with zero attached hydrogens (tertiary/aromatic N) is 4. The van der Waals surface area contributed by atoms with Crippen LogP contribution in [0.25, 0.3) is 0 Å². The second-order valence-corrected chi connectivity index (χ2v) is 11.0. The van der Waals surface area contributed by atoms with Crippen LogP contribution in [0.4, 0.5) is 5.69 Å². The number of anilines is 1. The Bertz CT molecular complexity index is 1240. The van der Waals surface area contributed by atoms with E-state index in [0.717, 1.165) is 61.2 Å². The molecule has 6 nitrogen and oxygen atoms in total. The van der Waals surface area contributed by atoms with Crippen molar-refractivity contribution in [1.82, 2.24) is 4.98 Å². The molecule has 0 amide bonds. The van der Waals surface area contributed by atoms with E-state index in [2.05, 4.69) is 11.1 Å². The number of carbonyl (C=O) groups excluding carboxylic acids is 1. The fraction of sp³-hybridized carbons (Fsp3) is 0.517. The molecule has 2 unspecified atom stereocenters. The van der Waals surface area contributed by atoms with Crippen molar-refractivity contribution >= 4 is 29.0 Å². The molecule has 1 aromatic heterocycles. The highest BCUT2D eigenvalue weighted by atomic mass is 35.5. The lowest BCUT2D eigenvalue weighted by molar-refractivity contribution is 0.0204. The van der Waals surface area contributed by atoms with Gasteiger partial charge < -0.3 is 4.74 Å². The summed E-state index contributed by atoms with van der Waals surface area (Å²) in [6, 6.07) is 11.9. The van der Waals surface area contributed by atoms with Crippen molar-refractivity contribution in [2.75, 3.05) is 5.01 Å². The topological polar surface area (TPSA) is 78.6 Å². The van der Waals surface area contributed by atoms with Gasteiger partial charge in [-0.2, -0.15) is 10.4 Å². The smallest absolute Gasteiger partial charge is 0.357 e. The highest BCUT2D eigenvalue weighted by Crippen LogP contribution is 2.45. The number of fused-ring (bicyclic) bond motifs is 3. The summed E-state index contributed by atoms with van der Waals surface area (Å²) in [5, 5.41) is 17.1. The predicted molar refractivity (Wildman–Crippen MR) is 139 cm³/mol. The molecule has 1 aliphatic heterocycles. The Morgan fingerprint density at radius 2 is 1.81 bits per heavy atom. The average Bonchev–Trinajstić information content (AvgIpc) is 3.57. The fourth-order valence-corrected chi connectivity index (χ4v) is 6.89. The van der Waals surface area contributed by atoms with Crippen LogP contribution in [0.1, 0.15) is 91.5 Å². The predicted octanol–water partition coefficient (Wildman–Crippen LogP) is 6.44. The fourth-order valence-electron chi connectivity index (χ4n) is 6.67. The summed E-state index contributed by atoms with van der Waals surface area (Å²) in [6.07, 6.45) is 12.1. The zero-order chi connectivity index (χ0) is 24.6. The molecule has 0 spiro atoms. The molecule has 7 heteroatoms. The molecule has 2 fully saturated rings. The Morgan fingerprint density at radius 1 is 1.03 bits per heavy atom. The number of esters is 1. The normalized spacial score (nSPS) is 24.1. The number of benzene rings is 1. The van der Waals surface area contributed by atoms with E-state index < -0.39 is 0 Å². The minimum atomic E-state index is -0.308. The van der Waals surface area contributed by atoms with Gasteiger partial charge in [0.25, 0.3) is 0 Å². The lowest BCUT2D eigenvalue weighted by Gasteiger charge is -2.34. The maximum absolute atomic E-state index is 12.8. The molecule has 6 rings (SSSR count). The molecule has 3 aliphatic carbocycles. The largest absolute Gasteiger partial charge is 0.458 e. The van der Waals surface area contributed by atoms with Gasteiger partial charge in [-0.3, -0.25) is 5.01 Å². The molecular formula is C29H31ClN4O2. The minimum absolute atomic E-state index is 0.0210. The van der Waals surface area contributed by atoms with Crippen molar-refractivity contribution in [2.45, 2.75) is 82.8 Å². The number of hydrazone groups is 1. The summed E-state index contributed by atoms with van der Waals surface area (Å²) < 4.78 is 5.77. The van der Waals surface area contributed by atoms with Crippen LogP contribution in [-0.2, 0) is 11.2 Å². The zero-order valence-electron chi connectivity index (χ0n) is 20.5. The van der Waals surface area contributed by atoms with Gasteiger partial charge >= 0.3 is 5.97 Å². The van der Waals surface area contributed by atoms with E-state index in [0.29, 0.717) is 28.1 Å². The molecule has 2 aromatic rings. The number of pyridine rings is 1. The van der Waals surface area contributed by atoms with E-state index in [9.17, 15) is 10.1 Å². The molecule has 2 heterocycles. The van der Waals surface area contributed by atoms with Crippen molar-refractivity contribution in [3.8, 4) is 6.07 Å². The van der Waals surface area contributed by atoms with Crippen LogP contribution >= 0.6 is 11.6 Å². The molecule has 0 bridgehead atoms. The van der Waals surface area contributed by atoms with Gasteiger partial charge in [0.05, 0.1) is 33.7 Å². The third-order valence-electron chi connectivity index (χ3n) is 8.46. The maximum Gasteiger partial charge on any atom is 0.357 e. The number of nitriles is 1. The number of aryl methyl sites for hydroxylation is 1. The number of aromatic nitrogens is 1. The minimum Gasteiger partial charge on any atom is -0.458 e. The van der Waals surface area contributed by atoms with Crippen LogP contribution in [0.2, 0.25) is 5.02 Å². The highest BCUT2D eigenvalue weighted by molar-refractivity contribution is 6.32. The molecule has 4 aliphatic rings. The van der Waals surface area contributed by atoms with E-state index in [-0.39, 0.29) is 18.1 Å². The van der Waals surface area contributed by atoms with Gasteiger partial charge in [-0.05, 0) is 87.6 Å². The summed E-state index contributed by atoms with van der Waals surface area (Å²) in [5.41, 5.74) is 4.86. The first kappa shape index (κ1) is 23.5. The Kier molecular flexibility index (Phi) is 6.43. The maximum atomic E-state index is 12.8. The summed E-state index contributed by atoms with van der Waals surface area (Å²) in [7, 11) is 0. The van der Waals surface area contributed by atoms with Crippen LogP contribution in [0.5, 0.6) is 0 Å². The quantitative estimate of drug-likeness (QED) is 0.449. The van der Waals surface area contributed by atoms with Gasteiger partial charge in [0.1, 0.15) is 17.9 Å². The molecule has 0 saturated heterocycles. The van der Waals surface area contributed by atoms with Crippen molar-refractivity contribution in [3.05, 3.63) is 57.9 Å². The van der Waals surface area contributed by atoms with E-state index in [4.69, 9.17) is 26.4 Å². The number of hydrogen-bond acceptors (Lipinski definition) is 6. The molecule has 1 aromatic carbocycles. The summed E-state index contributed by atoms with van der Waals surface area (Å²) >= 11 is 6.41. The van der Waals surface area contributed by atoms with Crippen LogP contribution in [0, 0.1) is 23.2 Å². The SMILES string of the molecule is N#Cc1ccc(N2N=C3c4ccc(C(=O)OC5CCCCC5)nc4CCC3C2C2CCCC2)cc1Cl. The van der Waals surface area contributed by atoms with Gasteiger partial charge in [0.15, 0.2) is 0 Å². The van der Waals surface area contributed by atoms with Crippen LogP contribution in [0.3, 0.4) is 0 Å². The van der Waals surface area contributed by atoms with Crippen LogP contribution in [-0.4, -0.2) is 28.8 Å². The van der Waals surface area contributed by atoms with Crippen molar-refractivity contribution < 1.29 is 9.53 Å². The third-order valence-corrected chi connectivity index (χ3v) is 8.77. The number of hydrogen-bond donors (Lipinski definition) is 0. The number of rotatable bonds is 4. The molecule has 186 valence electrons. The number of ether oxygens (including phenoxy) is 1. The van der Waals surface area contributed by atoms with Crippen molar-refractivity contribution in [1.29, 1.82) is 5.26 Å². The van der Waals surface area contributed by atoms with Gasteiger partial charge in [0, 0.05) is 11.5 Å². The second kappa shape index (κ2) is 9.86. The van der Waals surface area contributed by atoms with E-state index >= 15 is 0 Å². The summed E-state index contributed by atoms with van der Waals surface area (Å²) in [6.45, 7) is 0. The first-order valence-corrected chi connectivity index (χ1v) is 13.8. The summed E-state index contributed by atoms with van der Waals surface area (Å²) in [4.78, 5) is 17.6. The average molecular weight is 503 g/mol. The molecule has 36 heavy (non-hydrogen) atoms. The Morgan fingerprint density at radius 3 is 2.56 bits per heavy atom. The molecule has 2 atom stereocenters. The lowest BCUT2D eigenvalue weighted by atomic mass is 9.76. The van der Waals surface area contributed by atoms with Gasteiger partial charge in [-0.1, -0.05) is 30.9 Å². The van der Waals surface area contributed by atoms with E-state index in [1.54, 1.807) is 12.1 Å². The van der Waals surface area contributed by atoms with Gasteiger partial charge in [-0.25, -0.2) is 9.78 Å².